The van der Waals surface area contributed by atoms with Crippen LogP contribution in [0.4, 0.5) is 0 Å². The normalized spacial score (nSPS) is 15.3. The quantitative estimate of drug-likeness (QED) is 0.433. The second kappa shape index (κ2) is 11.2. The monoisotopic (exact) mass is 356 g/mol. The van der Waals surface area contributed by atoms with Crippen LogP contribution in [0.1, 0.15) is 77.2 Å². The molecule has 0 amide bonds. The van der Waals surface area contributed by atoms with Gasteiger partial charge < -0.3 is 0 Å². The maximum Gasteiger partial charge on any atom is 0.173 e. The summed E-state index contributed by atoms with van der Waals surface area (Å²) in [6.07, 6.45) is 11.2. The number of rotatable bonds is 12. The van der Waals surface area contributed by atoms with Crippen molar-refractivity contribution in [2.45, 2.75) is 89.6 Å². The van der Waals surface area contributed by atoms with Gasteiger partial charge in [0.2, 0.25) is 0 Å². The molecule has 0 bridgehead atoms. The average molecular weight is 357 g/mol. The van der Waals surface area contributed by atoms with Crippen LogP contribution < -0.4 is 0 Å². The van der Waals surface area contributed by atoms with Crippen LogP contribution in [0.3, 0.4) is 0 Å². The molecule has 0 fully saturated rings. The number of aryl methyl sites for hydroxylation is 1. The highest BCUT2D eigenvalue weighted by Gasteiger charge is 2.15. The molecule has 0 saturated carbocycles. The number of hydrogen-bond donors (Lipinski definition) is 0. The molecular formula is C19H32O2S2. The summed E-state index contributed by atoms with van der Waals surface area (Å²) in [5.74, 6) is 0. The first-order chi connectivity index (χ1) is 11.0. The molecule has 0 aliphatic carbocycles. The van der Waals surface area contributed by atoms with Crippen molar-refractivity contribution in [3.63, 3.8) is 0 Å². The Morgan fingerprint density at radius 1 is 1.00 bits per heavy atom. The van der Waals surface area contributed by atoms with Crippen LogP contribution in [0.15, 0.2) is 29.2 Å². The Morgan fingerprint density at radius 3 is 2.09 bits per heavy atom. The van der Waals surface area contributed by atoms with E-state index in [9.17, 15) is 4.21 Å². The van der Waals surface area contributed by atoms with Gasteiger partial charge in [0.25, 0.3) is 0 Å². The smallest absolute Gasteiger partial charge is 0.173 e. The SMILES string of the molecule is CCCCCCCCCC[C@@H](C)OS(=O)(=S)c1ccc(C)cc1. The summed E-state index contributed by atoms with van der Waals surface area (Å²) in [6, 6.07) is 7.48. The molecule has 1 aromatic rings. The molecule has 0 aliphatic heterocycles. The van der Waals surface area contributed by atoms with E-state index < -0.39 is 8.77 Å². The van der Waals surface area contributed by atoms with Gasteiger partial charge in [0.1, 0.15) is 0 Å². The third-order valence-corrected chi connectivity index (χ3v) is 6.31. The molecule has 0 radical (unpaired) electrons. The number of hydrogen-bond acceptors (Lipinski definition) is 3. The molecule has 0 aliphatic rings. The van der Waals surface area contributed by atoms with Crippen LogP contribution in [0.2, 0.25) is 0 Å². The van der Waals surface area contributed by atoms with Gasteiger partial charge in [-0.2, -0.15) is 0 Å². The zero-order valence-corrected chi connectivity index (χ0v) is 16.5. The van der Waals surface area contributed by atoms with Crippen molar-refractivity contribution in [3.8, 4) is 0 Å². The maximum absolute atomic E-state index is 12.5. The van der Waals surface area contributed by atoms with Crippen molar-refractivity contribution in [2.75, 3.05) is 0 Å². The van der Waals surface area contributed by atoms with E-state index >= 15 is 0 Å². The fourth-order valence-corrected chi connectivity index (χ4v) is 4.44. The number of benzene rings is 1. The highest BCUT2D eigenvalue weighted by atomic mass is 32.8. The molecule has 0 heterocycles. The van der Waals surface area contributed by atoms with E-state index in [1.807, 2.05) is 38.1 Å². The highest BCUT2D eigenvalue weighted by Crippen LogP contribution is 2.18. The van der Waals surface area contributed by atoms with Crippen LogP contribution in [0.5, 0.6) is 0 Å². The van der Waals surface area contributed by atoms with E-state index in [-0.39, 0.29) is 6.10 Å². The Labute approximate surface area is 147 Å². The van der Waals surface area contributed by atoms with Crippen molar-refractivity contribution >= 4 is 20.0 Å². The lowest BCUT2D eigenvalue weighted by Gasteiger charge is -2.15. The number of unbranched alkanes of at least 4 members (excludes halogenated alkanes) is 7. The van der Waals surface area contributed by atoms with Crippen molar-refractivity contribution in [2.24, 2.45) is 0 Å². The summed E-state index contributed by atoms with van der Waals surface area (Å²) in [7, 11) is -2.80. The molecule has 4 heteroatoms. The molecule has 0 spiro atoms. The average Bonchev–Trinajstić information content (AvgIpc) is 2.50. The molecular weight excluding hydrogens is 324 g/mol. The maximum atomic E-state index is 12.5. The lowest BCUT2D eigenvalue weighted by atomic mass is 10.1. The van der Waals surface area contributed by atoms with Gasteiger partial charge in [0.05, 0.1) is 11.0 Å². The third kappa shape index (κ3) is 8.83. The van der Waals surface area contributed by atoms with Crippen LogP contribution >= 0.6 is 0 Å². The molecule has 0 N–H and O–H groups in total. The largest absolute Gasteiger partial charge is 0.283 e. The van der Waals surface area contributed by atoms with Gasteiger partial charge in [-0.3, -0.25) is 4.18 Å². The molecule has 1 aromatic carbocycles. The van der Waals surface area contributed by atoms with Crippen LogP contribution in [-0.4, -0.2) is 10.3 Å². The molecule has 0 saturated heterocycles. The summed E-state index contributed by atoms with van der Waals surface area (Å²) in [5.41, 5.74) is 1.13. The fraction of sp³-hybridized carbons (Fsp3) is 0.684. The van der Waals surface area contributed by atoms with E-state index in [0.29, 0.717) is 4.90 Å². The first-order valence-electron chi connectivity index (χ1n) is 8.95. The molecule has 0 aromatic heterocycles. The van der Waals surface area contributed by atoms with Gasteiger partial charge in [-0.15, -0.1) is 0 Å². The Bertz CT molecular complexity index is 521. The van der Waals surface area contributed by atoms with E-state index in [4.69, 9.17) is 15.4 Å². The summed E-state index contributed by atoms with van der Waals surface area (Å²) < 4.78 is 18.2. The Balaban J connectivity index is 2.22. The topological polar surface area (TPSA) is 26.3 Å². The lowest BCUT2D eigenvalue weighted by molar-refractivity contribution is 0.229. The molecule has 132 valence electrons. The Kier molecular flexibility index (Phi) is 10.00. The van der Waals surface area contributed by atoms with Crippen LogP contribution in [0.25, 0.3) is 0 Å². The van der Waals surface area contributed by atoms with Gasteiger partial charge in [-0.05, 0) is 32.4 Å². The fourth-order valence-electron chi connectivity index (χ4n) is 2.59. The molecule has 2 nitrogen and oxygen atoms in total. The second-order valence-corrected chi connectivity index (χ2v) is 9.33. The predicted molar refractivity (Wildman–Crippen MR) is 103 cm³/mol. The summed E-state index contributed by atoms with van der Waals surface area (Å²) in [5, 5.41) is 0. The first kappa shape index (κ1) is 20.6. The van der Waals surface area contributed by atoms with Crippen molar-refractivity contribution in [3.05, 3.63) is 29.8 Å². The van der Waals surface area contributed by atoms with Gasteiger partial charge in [-0.25, -0.2) is 4.21 Å². The van der Waals surface area contributed by atoms with Crippen molar-refractivity contribution in [1.82, 2.24) is 0 Å². The summed E-state index contributed by atoms with van der Waals surface area (Å²) in [6.45, 7) is 6.22. The molecule has 2 atom stereocenters. The standard InChI is InChI=1S/C19H32O2S2/c1-4-5-6-7-8-9-10-11-12-18(3)21-23(20,22)19-15-13-17(2)14-16-19/h13-16,18H,4-12H2,1-3H3/t18-,23?/m1/s1. The lowest BCUT2D eigenvalue weighted by Crippen LogP contribution is -2.14. The first-order valence-corrected chi connectivity index (χ1v) is 11.4. The molecule has 1 unspecified atom stereocenters. The van der Waals surface area contributed by atoms with Gasteiger partial charge in [-0.1, -0.05) is 76.0 Å². The zero-order chi connectivity index (χ0) is 17.1. The summed E-state index contributed by atoms with van der Waals surface area (Å²) >= 11 is 5.20. The Hall–Kier alpha value is -0.450. The minimum Gasteiger partial charge on any atom is -0.283 e. The zero-order valence-electron chi connectivity index (χ0n) is 14.9. The minimum atomic E-state index is -2.80. The molecule has 23 heavy (non-hydrogen) atoms. The van der Waals surface area contributed by atoms with E-state index in [2.05, 4.69) is 6.92 Å². The Morgan fingerprint density at radius 2 is 1.52 bits per heavy atom. The van der Waals surface area contributed by atoms with Gasteiger partial charge in [0, 0.05) is 11.2 Å². The van der Waals surface area contributed by atoms with Crippen LogP contribution in [-0.2, 0) is 24.1 Å². The van der Waals surface area contributed by atoms with Crippen molar-refractivity contribution < 1.29 is 8.39 Å². The third-order valence-electron chi connectivity index (χ3n) is 4.06. The van der Waals surface area contributed by atoms with E-state index in [0.717, 1.165) is 18.4 Å². The molecule has 1 rings (SSSR count). The van der Waals surface area contributed by atoms with E-state index in [1.165, 1.54) is 44.9 Å². The van der Waals surface area contributed by atoms with Gasteiger partial charge >= 0.3 is 0 Å². The highest BCUT2D eigenvalue weighted by molar-refractivity contribution is 8.30. The van der Waals surface area contributed by atoms with Crippen LogP contribution in [0, 0.1) is 6.92 Å². The minimum absolute atomic E-state index is 0.0543. The second-order valence-electron chi connectivity index (χ2n) is 6.44. The van der Waals surface area contributed by atoms with E-state index in [1.54, 1.807) is 0 Å². The summed E-state index contributed by atoms with van der Waals surface area (Å²) in [4.78, 5) is 0.612. The van der Waals surface area contributed by atoms with Crippen molar-refractivity contribution in [1.29, 1.82) is 0 Å². The predicted octanol–water partition coefficient (Wildman–Crippen LogP) is 5.95. The van der Waals surface area contributed by atoms with Gasteiger partial charge in [0.15, 0.2) is 8.77 Å².